The standard InChI is InChI=1S/C17H17NO2S/c1-20-17-6-5-14(12-15(17)4-2-3-11-19)13-21-16-7-9-18-10-8-16/h5-10,12,19H,3,11,13H2,1H3. The molecule has 0 spiro atoms. The zero-order valence-corrected chi connectivity index (χ0v) is 12.7. The molecule has 0 saturated carbocycles. The highest BCUT2D eigenvalue weighted by atomic mass is 32.2. The summed E-state index contributed by atoms with van der Waals surface area (Å²) >= 11 is 1.76. The molecular formula is C17H17NO2S. The number of benzene rings is 1. The van der Waals surface area contributed by atoms with Crippen LogP contribution in [0.25, 0.3) is 0 Å². The van der Waals surface area contributed by atoms with E-state index in [1.165, 1.54) is 10.5 Å². The van der Waals surface area contributed by atoms with Gasteiger partial charge in [-0.05, 0) is 29.8 Å². The third-order valence-electron chi connectivity index (χ3n) is 2.78. The summed E-state index contributed by atoms with van der Waals surface area (Å²) in [5.41, 5.74) is 2.05. The average Bonchev–Trinajstić information content (AvgIpc) is 2.54. The highest BCUT2D eigenvalue weighted by molar-refractivity contribution is 7.98. The molecule has 1 aromatic carbocycles. The number of aliphatic hydroxyl groups excluding tert-OH is 1. The van der Waals surface area contributed by atoms with Crippen LogP contribution in [-0.4, -0.2) is 23.8 Å². The molecule has 0 aliphatic heterocycles. The van der Waals surface area contributed by atoms with Gasteiger partial charge in [0, 0.05) is 29.5 Å². The molecule has 3 nitrogen and oxygen atoms in total. The van der Waals surface area contributed by atoms with E-state index < -0.39 is 0 Å². The highest BCUT2D eigenvalue weighted by Crippen LogP contribution is 2.25. The zero-order chi connectivity index (χ0) is 14.9. The molecule has 1 heterocycles. The zero-order valence-electron chi connectivity index (χ0n) is 11.9. The molecule has 0 aliphatic carbocycles. The molecule has 0 fully saturated rings. The number of hydrogen-bond acceptors (Lipinski definition) is 4. The summed E-state index contributed by atoms with van der Waals surface area (Å²) in [5, 5.41) is 8.79. The van der Waals surface area contributed by atoms with Crippen molar-refractivity contribution >= 4 is 11.8 Å². The second kappa shape index (κ2) is 8.35. The van der Waals surface area contributed by atoms with Crippen molar-refractivity contribution in [3.8, 4) is 17.6 Å². The molecule has 0 saturated heterocycles. The Morgan fingerprint density at radius 2 is 2.05 bits per heavy atom. The Kier molecular flexibility index (Phi) is 6.14. The largest absolute Gasteiger partial charge is 0.495 e. The van der Waals surface area contributed by atoms with Crippen molar-refractivity contribution in [2.75, 3.05) is 13.7 Å². The maximum Gasteiger partial charge on any atom is 0.134 e. The van der Waals surface area contributed by atoms with Crippen LogP contribution in [0.1, 0.15) is 17.5 Å². The molecule has 108 valence electrons. The van der Waals surface area contributed by atoms with Crippen LogP contribution < -0.4 is 4.74 Å². The minimum Gasteiger partial charge on any atom is -0.495 e. The predicted octanol–water partition coefficient (Wildman–Crippen LogP) is 3.12. The van der Waals surface area contributed by atoms with E-state index >= 15 is 0 Å². The van der Waals surface area contributed by atoms with Gasteiger partial charge in [0.05, 0.1) is 19.3 Å². The van der Waals surface area contributed by atoms with Crippen LogP contribution in [0.5, 0.6) is 5.75 Å². The normalized spacial score (nSPS) is 9.81. The Bertz CT molecular complexity index is 632. The Balaban J connectivity index is 2.10. The number of ether oxygens (including phenoxy) is 1. The maximum atomic E-state index is 8.79. The van der Waals surface area contributed by atoms with Gasteiger partial charge in [-0.3, -0.25) is 4.98 Å². The lowest BCUT2D eigenvalue weighted by Gasteiger charge is -2.07. The molecule has 2 aromatic rings. The number of nitrogens with zero attached hydrogens (tertiary/aromatic N) is 1. The maximum absolute atomic E-state index is 8.79. The van der Waals surface area contributed by atoms with Gasteiger partial charge >= 0.3 is 0 Å². The molecule has 0 aliphatic rings. The van der Waals surface area contributed by atoms with E-state index in [9.17, 15) is 0 Å². The van der Waals surface area contributed by atoms with E-state index in [0.717, 1.165) is 17.1 Å². The number of aromatic nitrogens is 1. The first-order valence-electron chi connectivity index (χ1n) is 6.63. The lowest BCUT2D eigenvalue weighted by atomic mass is 10.1. The smallest absolute Gasteiger partial charge is 0.134 e. The van der Waals surface area contributed by atoms with Gasteiger partial charge in [-0.2, -0.15) is 0 Å². The third kappa shape index (κ3) is 4.82. The summed E-state index contributed by atoms with van der Waals surface area (Å²) in [4.78, 5) is 5.20. The Morgan fingerprint density at radius 1 is 1.24 bits per heavy atom. The Labute approximate surface area is 129 Å². The lowest BCUT2D eigenvalue weighted by molar-refractivity contribution is 0.305. The fourth-order valence-corrected chi connectivity index (χ4v) is 2.58. The third-order valence-corrected chi connectivity index (χ3v) is 3.86. The molecule has 0 bridgehead atoms. The van der Waals surface area contributed by atoms with Gasteiger partial charge in [0.1, 0.15) is 5.75 Å². The van der Waals surface area contributed by atoms with Crippen LogP contribution >= 0.6 is 11.8 Å². The van der Waals surface area contributed by atoms with Crippen molar-refractivity contribution < 1.29 is 9.84 Å². The van der Waals surface area contributed by atoms with Crippen molar-refractivity contribution in [3.05, 3.63) is 53.9 Å². The molecule has 0 atom stereocenters. The molecule has 4 heteroatoms. The summed E-state index contributed by atoms with van der Waals surface area (Å²) in [6.07, 6.45) is 4.06. The van der Waals surface area contributed by atoms with Gasteiger partial charge in [0.15, 0.2) is 0 Å². The molecule has 2 rings (SSSR count). The van der Waals surface area contributed by atoms with E-state index in [0.29, 0.717) is 6.42 Å². The van der Waals surface area contributed by atoms with Crippen molar-refractivity contribution in [1.82, 2.24) is 4.98 Å². The summed E-state index contributed by atoms with van der Waals surface area (Å²) in [5.74, 6) is 7.61. The van der Waals surface area contributed by atoms with E-state index in [2.05, 4.69) is 16.8 Å². The minimum absolute atomic E-state index is 0.0763. The van der Waals surface area contributed by atoms with Crippen LogP contribution in [0.15, 0.2) is 47.6 Å². The van der Waals surface area contributed by atoms with Gasteiger partial charge < -0.3 is 9.84 Å². The van der Waals surface area contributed by atoms with Crippen LogP contribution in [-0.2, 0) is 5.75 Å². The Hall–Kier alpha value is -1.96. The van der Waals surface area contributed by atoms with Crippen LogP contribution in [0.2, 0.25) is 0 Å². The van der Waals surface area contributed by atoms with E-state index in [-0.39, 0.29) is 6.61 Å². The monoisotopic (exact) mass is 299 g/mol. The summed E-state index contributed by atoms with van der Waals surface area (Å²) < 4.78 is 5.31. The number of methoxy groups -OCH3 is 1. The van der Waals surface area contributed by atoms with Gasteiger partial charge in [-0.25, -0.2) is 0 Å². The fourth-order valence-electron chi connectivity index (χ4n) is 1.76. The van der Waals surface area contributed by atoms with Crippen LogP contribution in [0.4, 0.5) is 0 Å². The van der Waals surface area contributed by atoms with Gasteiger partial charge in [-0.1, -0.05) is 17.9 Å². The van der Waals surface area contributed by atoms with Crippen LogP contribution in [0, 0.1) is 11.8 Å². The lowest BCUT2D eigenvalue weighted by Crippen LogP contribution is -1.90. The van der Waals surface area contributed by atoms with E-state index in [4.69, 9.17) is 9.84 Å². The topological polar surface area (TPSA) is 42.4 Å². The van der Waals surface area contributed by atoms with E-state index in [1.54, 1.807) is 31.3 Å². The van der Waals surface area contributed by atoms with E-state index in [1.807, 2.05) is 30.3 Å². The fraction of sp³-hybridized carbons (Fsp3) is 0.235. The second-order valence-corrected chi connectivity index (χ2v) is 5.33. The van der Waals surface area contributed by atoms with Crippen molar-refractivity contribution in [3.63, 3.8) is 0 Å². The minimum atomic E-state index is 0.0763. The molecule has 21 heavy (non-hydrogen) atoms. The predicted molar refractivity (Wildman–Crippen MR) is 85.4 cm³/mol. The van der Waals surface area contributed by atoms with Gasteiger partial charge in [0.2, 0.25) is 0 Å². The van der Waals surface area contributed by atoms with Crippen molar-refractivity contribution in [2.24, 2.45) is 0 Å². The summed E-state index contributed by atoms with van der Waals surface area (Å²) in [6.45, 7) is 0.0763. The number of hydrogen-bond donors (Lipinski definition) is 1. The molecule has 0 radical (unpaired) electrons. The van der Waals surface area contributed by atoms with Crippen molar-refractivity contribution in [2.45, 2.75) is 17.1 Å². The first-order valence-corrected chi connectivity index (χ1v) is 7.61. The van der Waals surface area contributed by atoms with Gasteiger partial charge in [0.25, 0.3) is 0 Å². The van der Waals surface area contributed by atoms with Crippen LogP contribution in [0.3, 0.4) is 0 Å². The number of rotatable bonds is 5. The quantitative estimate of drug-likeness (QED) is 0.680. The van der Waals surface area contributed by atoms with Gasteiger partial charge in [-0.15, -0.1) is 11.8 Å². The molecular weight excluding hydrogens is 282 g/mol. The van der Waals surface area contributed by atoms with Crippen molar-refractivity contribution in [1.29, 1.82) is 0 Å². The summed E-state index contributed by atoms with van der Waals surface area (Å²) in [7, 11) is 1.64. The molecule has 1 aromatic heterocycles. The summed E-state index contributed by atoms with van der Waals surface area (Å²) in [6, 6.07) is 10.0. The first-order chi connectivity index (χ1) is 10.3. The number of aliphatic hydroxyl groups is 1. The number of pyridine rings is 1. The Morgan fingerprint density at radius 3 is 2.76 bits per heavy atom. The second-order valence-electron chi connectivity index (χ2n) is 4.28. The first kappa shape index (κ1) is 15.4. The molecule has 0 unspecified atom stereocenters. The SMILES string of the molecule is COc1ccc(CSc2ccncc2)cc1C#CCCO. The molecule has 0 amide bonds. The highest BCUT2D eigenvalue weighted by Gasteiger charge is 2.03. The average molecular weight is 299 g/mol. The number of thioether (sulfide) groups is 1. The molecule has 1 N–H and O–H groups in total.